The Morgan fingerprint density at radius 1 is 1.38 bits per heavy atom. The van der Waals surface area contributed by atoms with Crippen molar-refractivity contribution in [2.75, 3.05) is 6.54 Å². The summed E-state index contributed by atoms with van der Waals surface area (Å²) in [7, 11) is -3.58. The number of rotatable bonds is 8. The zero-order valence-corrected chi connectivity index (χ0v) is 13.0. The third-order valence-corrected chi connectivity index (χ3v) is 5.17. The molecule has 0 unspecified atom stereocenters. The molecule has 114 valence electrons. The molecule has 1 aliphatic carbocycles. The summed E-state index contributed by atoms with van der Waals surface area (Å²) in [6, 6.07) is 3.76. The topological polar surface area (TPSA) is 84.2 Å². The molecule has 0 saturated heterocycles. The molecule has 0 bridgehead atoms. The van der Waals surface area contributed by atoms with Crippen molar-refractivity contribution in [2.24, 2.45) is 0 Å². The summed E-state index contributed by atoms with van der Waals surface area (Å²) in [6.07, 6.45) is 2.94. The zero-order valence-electron chi connectivity index (χ0n) is 11.4. The van der Waals surface area contributed by atoms with Crippen molar-refractivity contribution < 1.29 is 12.8 Å². The molecule has 0 aliphatic heterocycles. The minimum atomic E-state index is -3.58. The van der Waals surface area contributed by atoms with E-state index in [2.05, 4.69) is 15.0 Å². The van der Waals surface area contributed by atoms with Gasteiger partial charge in [0.05, 0.1) is 17.7 Å². The van der Waals surface area contributed by atoms with Crippen molar-refractivity contribution in [1.29, 1.82) is 0 Å². The molecule has 1 aliphatic rings. The average molecular weight is 327 g/mol. The molecule has 0 amide bonds. The molecule has 0 atom stereocenters. The summed E-state index contributed by atoms with van der Waals surface area (Å²) in [4.78, 5) is 4.11. The Balaban J connectivity index is 1.53. The number of furan rings is 1. The first kappa shape index (κ1) is 14.7. The van der Waals surface area contributed by atoms with Crippen molar-refractivity contribution in [2.45, 2.75) is 36.9 Å². The van der Waals surface area contributed by atoms with E-state index in [4.69, 9.17) is 4.42 Å². The monoisotopic (exact) mass is 327 g/mol. The van der Waals surface area contributed by atoms with Crippen LogP contribution in [0, 0.1) is 0 Å². The smallest absolute Gasteiger partial charge is 0.273 e. The zero-order chi connectivity index (χ0) is 14.7. The van der Waals surface area contributed by atoms with Crippen LogP contribution in [0.5, 0.6) is 0 Å². The fourth-order valence-corrected chi connectivity index (χ4v) is 3.45. The maximum Gasteiger partial charge on any atom is 0.273 e. The van der Waals surface area contributed by atoms with E-state index in [1.807, 2.05) is 5.38 Å². The largest absolute Gasteiger partial charge is 0.447 e. The van der Waals surface area contributed by atoms with Gasteiger partial charge >= 0.3 is 0 Å². The Bertz CT molecular complexity index is 675. The number of hydrogen-bond donors (Lipinski definition) is 2. The number of thiazole rings is 1. The molecule has 2 aromatic heterocycles. The van der Waals surface area contributed by atoms with Crippen LogP contribution in [0.1, 0.15) is 24.3 Å². The van der Waals surface area contributed by atoms with Gasteiger partial charge in [0.15, 0.2) is 0 Å². The van der Waals surface area contributed by atoms with Gasteiger partial charge in [-0.05, 0) is 25.0 Å². The molecule has 21 heavy (non-hydrogen) atoms. The molecule has 1 saturated carbocycles. The Hall–Kier alpha value is -1.22. The molecule has 6 nitrogen and oxygen atoms in total. The first-order valence-corrected chi connectivity index (χ1v) is 9.25. The lowest BCUT2D eigenvalue weighted by Crippen LogP contribution is -2.25. The van der Waals surface area contributed by atoms with Crippen LogP contribution in [0.3, 0.4) is 0 Å². The van der Waals surface area contributed by atoms with Gasteiger partial charge in [0.2, 0.25) is 5.09 Å². The second-order valence-electron chi connectivity index (χ2n) is 5.00. The highest BCUT2D eigenvalue weighted by atomic mass is 32.2. The van der Waals surface area contributed by atoms with E-state index in [9.17, 15) is 8.42 Å². The van der Waals surface area contributed by atoms with Gasteiger partial charge in [-0.15, -0.1) is 11.3 Å². The van der Waals surface area contributed by atoms with E-state index >= 15 is 0 Å². The van der Waals surface area contributed by atoms with Gasteiger partial charge < -0.3 is 9.73 Å². The van der Waals surface area contributed by atoms with Crippen LogP contribution in [0.15, 0.2) is 32.5 Å². The van der Waals surface area contributed by atoms with Gasteiger partial charge in [0, 0.05) is 24.4 Å². The van der Waals surface area contributed by atoms with Crippen LogP contribution >= 0.6 is 11.3 Å². The highest BCUT2D eigenvalue weighted by molar-refractivity contribution is 7.89. The maximum atomic E-state index is 12.1. The number of aromatic nitrogens is 1. The Morgan fingerprint density at radius 3 is 2.95 bits per heavy atom. The van der Waals surface area contributed by atoms with Crippen LogP contribution in [0.2, 0.25) is 0 Å². The fourth-order valence-electron chi connectivity index (χ4n) is 1.88. The average Bonchev–Trinajstić information content (AvgIpc) is 2.93. The maximum absolute atomic E-state index is 12.1. The fraction of sp³-hybridized carbons (Fsp3) is 0.462. The second kappa shape index (κ2) is 6.27. The van der Waals surface area contributed by atoms with Gasteiger partial charge in [-0.2, -0.15) is 0 Å². The predicted molar refractivity (Wildman–Crippen MR) is 79.6 cm³/mol. The summed E-state index contributed by atoms with van der Waals surface area (Å²) in [6.45, 7) is 0.876. The molecular formula is C13H17N3O3S2. The molecule has 2 N–H and O–H groups in total. The summed E-state index contributed by atoms with van der Waals surface area (Å²) in [5.74, 6) is 0.641. The van der Waals surface area contributed by atoms with Crippen molar-refractivity contribution in [3.63, 3.8) is 0 Å². The molecule has 0 radical (unpaired) electrons. The molecule has 2 heterocycles. The van der Waals surface area contributed by atoms with E-state index in [1.165, 1.54) is 30.2 Å². The summed E-state index contributed by atoms with van der Waals surface area (Å²) in [5, 5.41) is 5.15. The van der Waals surface area contributed by atoms with E-state index in [0.717, 1.165) is 5.69 Å². The van der Waals surface area contributed by atoms with Crippen LogP contribution in [0.4, 0.5) is 0 Å². The van der Waals surface area contributed by atoms with Gasteiger partial charge in [0.1, 0.15) is 5.76 Å². The molecule has 0 spiro atoms. The van der Waals surface area contributed by atoms with Crippen molar-refractivity contribution in [3.05, 3.63) is 34.5 Å². The first-order valence-electron chi connectivity index (χ1n) is 6.82. The Labute approximate surface area is 127 Å². The minimum absolute atomic E-state index is 0.0339. The second-order valence-corrected chi connectivity index (χ2v) is 7.42. The molecule has 0 aromatic carbocycles. The summed E-state index contributed by atoms with van der Waals surface area (Å²) in [5.41, 5.74) is 2.62. The van der Waals surface area contributed by atoms with Crippen LogP contribution in [0.25, 0.3) is 0 Å². The highest BCUT2D eigenvalue weighted by Gasteiger charge is 2.22. The van der Waals surface area contributed by atoms with Crippen LogP contribution in [-0.4, -0.2) is 26.0 Å². The summed E-state index contributed by atoms with van der Waals surface area (Å²) < 4.78 is 32.1. The van der Waals surface area contributed by atoms with Crippen molar-refractivity contribution >= 4 is 21.4 Å². The van der Waals surface area contributed by atoms with E-state index in [1.54, 1.807) is 11.6 Å². The lowest BCUT2D eigenvalue weighted by molar-refractivity contribution is 0.399. The Morgan fingerprint density at radius 2 is 2.24 bits per heavy atom. The van der Waals surface area contributed by atoms with E-state index in [0.29, 0.717) is 31.3 Å². The highest BCUT2D eigenvalue weighted by Crippen LogP contribution is 2.20. The van der Waals surface area contributed by atoms with Gasteiger partial charge in [-0.3, -0.25) is 0 Å². The Kier molecular flexibility index (Phi) is 4.39. The molecule has 1 fully saturated rings. The quantitative estimate of drug-likeness (QED) is 0.768. The number of hydrogen-bond acceptors (Lipinski definition) is 6. The van der Waals surface area contributed by atoms with E-state index in [-0.39, 0.29) is 5.09 Å². The lowest BCUT2D eigenvalue weighted by atomic mass is 10.3. The van der Waals surface area contributed by atoms with Gasteiger partial charge in [0.25, 0.3) is 10.0 Å². The standard InChI is InChI=1S/C13H17N3O3S2/c17-21(18,16-6-5-11-8-20-9-15-11)13-4-3-12(19-13)7-14-10-1-2-10/h3-4,8-10,14,16H,1-2,5-7H2. The molecule has 2 aromatic rings. The van der Waals surface area contributed by atoms with Gasteiger partial charge in [-0.1, -0.05) is 0 Å². The lowest BCUT2D eigenvalue weighted by Gasteiger charge is -2.03. The minimum Gasteiger partial charge on any atom is -0.447 e. The van der Waals surface area contributed by atoms with Crippen molar-refractivity contribution in [1.82, 2.24) is 15.0 Å². The SMILES string of the molecule is O=S(=O)(NCCc1cscn1)c1ccc(CNC2CC2)o1. The molecule has 8 heteroatoms. The third-order valence-electron chi connectivity index (χ3n) is 3.20. The molecular weight excluding hydrogens is 310 g/mol. The van der Waals surface area contributed by atoms with Crippen LogP contribution < -0.4 is 10.0 Å². The van der Waals surface area contributed by atoms with E-state index < -0.39 is 10.0 Å². The number of sulfonamides is 1. The van der Waals surface area contributed by atoms with Crippen LogP contribution in [-0.2, 0) is 23.0 Å². The predicted octanol–water partition coefficient (Wildman–Crippen LogP) is 1.51. The number of nitrogens with one attached hydrogen (secondary N) is 2. The number of nitrogens with zero attached hydrogens (tertiary/aromatic N) is 1. The van der Waals surface area contributed by atoms with Crippen molar-refractivity contribution in [3.8, 4) is 0 Å². The third kappa shape index (κ3) is 4.13. The normalized spacial score (nSPS) is 15.4. The first-order chi connectivity index (χ1) is 10.1. The van der Waals surface area contributed by atoms with Gasteiger partial charge in [-0.25, -0.2) is 18.1 Å². The summed E-state index contributed by atoms with van der Waals surface area (Å²) >= 11 is 1.50. The molecule has 3 rings (SSSR count).